The SMILES string of the molecule is CC(C)NC(=O)C(C)n1cncc1CCNC(=O)OC(C)(C)C. The van der Waals surface area contributed by atoms with Crippen LogP contribution in [-0.4, -0.2) is 39.7 Å². The molecule has 1 heterocycles. The highest BCUT2D eigenvalue weighted by Gasteiger charge is 2.19. The van der Waals surface area contributed by atoms with Crippen LogP contribution in [0.25, 0.3) is 0 Å². The van der Waals surface area contributed by atoms with E-state index in [0.29, 0.717) is 13.0 Å². The van der Waals surface area contributed by atoms with Crippen LogP contribution in [0, 0.1) is 0 Å². The summed E-state index contributed by atoms with van der Waals surface area (Å²) in [7, 11) is 0. The van der Waals surface area contributed by atoms with Gasteiger partial charge in [0.2, 0.25) is 5.91 Å². The molecule has 0 saturated carbocycles. The molecule has 0 spiro atoms. The van der Waals surface area contributed by atoms with Crippen LogP contribution in [0.5, 0.6) is 0 Å². The molecule has 1 aromatic rings. The summed E-state index contributed by atoms with van der Waals surface area (Å²) < 4.78 is 6.99. The first-order valence-electron chi connectivity index (χ1n) is 7.88. The predicted molar refractivity (Wildman–Crippen MR) is 88.2 cm³/mol. The van der Waals surface area contributed by atoms with E-state index in [9.17, 15) is 9.59 Å². The Morgan fingerprint density at radius 1 is 1.30 bits per heavy atom. The van der Waals surface area contributed by atoms with Crippen LogP contribution in [-0.2, 0) is 16.0 Å². The average molecular weight is 324 g/mol. The zero-order valence-electron chi connectivity index (χ0n) is 14.8. The Bertz CT molecular complexity index is 532. The second kappa shape index (κ2) is 7.99. The molecule has 130 valence electrons. The third kappa shape index (κ3) is 6.71. The van der Waals surface area contributed by atoms with E-state index >= 15 is 0 Å². The number of hydrogen-bond acceptors (Lipinski definition) is 4. The molecule has 0 saturated heterocycles. The van der Waals surface area contributed by atoms with E-state index in [1.165, 1.54) is 0 Å². The molecule has 1 unspecified atom stereocenters. The molecular formula is C16H28N4O3. The molecule has 0 fully saturated rings. The minimum absolute atomic E-state index is 0.0562. The van der Waals surface area contributed by atoms with Gasteiger partial charge in [0, 0.05) is 30.9 Å². The Balaban J connectivity index is 2.55. The Morgan fingerprint density at radius 2 is 1.96 bits per heavy atom. The van der Waals surface area contributed by atoms with Gasteiger partial charge in [-0.15, -0.1) is 0 Å². The summed E-state index contributed by atoms with van der Waals surface area (Å²) in [5.41, 5.74) is 0.363. The van der Waals surface area contributed by atoms with Crippen LogP contribution < -0.4 is 10.6 Å². The van der Waals surface area contributed by atoms with Gasteiger partial charge in [-0.25, -0.2) is 9.78 Å². The maximum absolute atomic E-state index is 12.1. The highest BCUT2D eigenvalue weighted by atomic mass is 16.6. The van der Waals surface area contributed by atoms with Crippen LogP contribution in [0.3, 0.4) is 0 Å². The summed E-state index contributed by atoms with van der Waals surface area (Å²) in [4.78, 5) is 27.8. The molecular weight excluding hydrogens is 296 g/mol. The fraction of sp³-hybridized carbons (Fsp3) is 0.688. The van der Waals surface area contributed by atoms with Crippen molar-refractivity contribution in [2.75, 3.05) is 6.54 Å². The van der Waals surface area contributed by atoms with Crippen LogP contribution in [0.4, 0.5) is 4.79 Å². The molecule has 0 aliphatic rings. The largest absolute Gasteiger partial charge is 0.444 e. The molecule has 1 rings (SSSR count). The minimum Gasteiger partial charge on any atom is -0.444 e. The van der Waals surface area contributed by atoms with Gasteiger partial charge in [0.25, 0.3) is 0 Å². The van der Waals surface area contributed by atoms with Crippen molar-refractivity contribution >= 4 is 12.0 Å². The molecule has 23 heavy (non-hydrogen) atoms. The molecule has 2 N–H and O–H groups in total. The van der Waals surface area contributed by atoms with Gasteiger partial charge in [-0.1, -0.05) is 0 Å². The number of rotatable bonds is 6. The third-order valence-corrected chi connectivity index (χ3v) is 3.02. The fourth-order valence-electron chi connectivity index (χ4n) is 2.01. The van der Waals surface area contributed by atoms with E-state index in [1.807, 2.05) is 46.1 Å². The lowest BCUT2D eigenvalue weighted by Crippen LogP contribution is -2.36. The Hall–Kier alpha value is -2.05. The van der Waals surface area contributed by atoms with E-state index in [0.717, 1.165) is 5.69 Å². The van der Waals surface area contributed by atoms with Gasteiger partial charge < -0.3 is 19.9 Å². The number of alkyl carbamates (subject to hydrolysis) is 1. The summed E-state index contributed by atoms with van der Waals surface area (Å²) in [6.45, 7) is 11.5. The maximum Gasteiger partial charge on any atom is 0.407 e. The van der Waals surface area contributed by atoms with Crippen molar-refractivity contribution in [3.63, 3.8) is 0 Å². The number of hydrogen-bond donors (Lipinski definition) is 2. The zero-order chi connectivity index (χ0) is 17.6. The van der Waals surface area contributed by atoms with Gasteiger partial charge in [-0.3, -0.25) is 4.79 Å². The first-order valence-corrected chi connectivity index (χ1v) is 7.88. The lowest BCUT2D eigenvalue weighted by Gasteiger charge is -2.20. The molecule has 0 aliphatic carbocycles. The highest BCUT2D eigenvalue weighted by molar-refractivity contribution is 5.80. The summed E-state index contributed by atoms with van der Waals surface area (Å²) >= 11 is 0. The van der Waals surface area contributed by atoms with E-state index < -0.39 is 11.7 Å². The topological polar surface area (TPSA) is 85.3 Å². The molecule has 0 radical (unpaired) electrons. The van der Waals surface area contributed by atoms with Gasteiger partial charge in [-0.2, -0.15) is 0 Å². The number of nitrogens with zero attached hydrogens (tertiary/aromatic N) is 2. The zero-order valence-corrected chi connectivity index (χ0v) is 14.8. The van der Waals surface area contributed by atoms with E-state index in [-0.39, 0.29) is 18.0 Å². The van der Waals surface area contributed by atoms with Crippen molar-refractivity contribution in [3.05, 3.63) is 18.2 Å². The van der Waals surface area contributed by atoms with Crippen LogP contribution in [0.15, 0.2) is 12.5 Å². The number of carbonyl (C=O) groups excluding carboxylic acids is 2. The average Bonchev–Trinajstić information content (AvgIpc) is 2.83. The number of aromatic nitrogens is 2. The first-order chi connectivity index (χ1) is 10.6. The maximum atomic E-state index is 12.1. The van der Waals surface area contributed by atoms with Gasteiger partial charge >= 0.3 is 6.09 Å². The van der Waals surface area contributed by atoms with Gasteiger partial charge in [0.1, 0.15) is 11.6 Å². The standard InChI is InChI=1S/C16H28N4O3/c1-11(2)19-14(21)12(3)20-10-17-9-13(20)7-8-18-15(22)23-16(4,5)6/h9-12H,7-8H2,1-6H3,(H,18,22)(H,19,21). The molecule has 2 amide bonds. The van der Waals surface area contributed by atoms with Crippen LogP contribution in [0.1, 0.15) is 53.3 Å². The second-order valence-corrected chi connectivity index (χ2v) is 6.81. The molecule has 7 heteroatoms. The van der Waals surface area contributed by atoms with Gasteiger partial charge in [0.15, 0.2) is 0 Å². The third-order valence-electron chi connectivity index (χ3n) is 3.02. The van der Waals surface area contributed by atoms with E-state index in [1.54, 1.807) is 12.5 Å². The molecule has 0 aromatic carbocycles. The number of imidazole rings is 1. The van der Waals surface area contributed by atoms with E-state index in [4.69, 9.17) is 4.74 Å². The van der Waals surface area contributed by atoms with Crippen LogP contribution >= 0.6 is 0 Å². The van der Waals surface area contributed by atoms with Crippen molar-refractivity contribution in [2.45, 2.75) is 65.6 Å². The quantitative estimate of drug-likeness (QED) is 0.838. The van der Waals surface area contributed by atoms with Crippen molar-refractivity contribution in [2.24, 2.45) is 0 Å². The highest BCUT2D eigenvalue weighted by Crippen LogP contribution is 2.11. The summed E-state index contributed by atoms with van der Waals surface area (Å²) in [6, 6.07) is -0.262. The summed E-state index contributed by atoms with van der Waals surface area (Å²) in [5.74, 6) is -0.0562. The number of amides is 2. The Morgan fingerprint density at radius 3 is 2.52 bits per heavy atom. The minimum atomic E-state index is -0.519. The van der Waals surface area contributed by atoms with Gasteiger partial charge in [-0.05, 0) is 41.5 Å². The number of nitrogens with one attached hydrogen (secondary N) is 2. The molecule has 1 aromatic heterocycles. The fourth-order valence-corrected chi connectivity index (χ4v) is 2.01. The monoisotopic (exact) mass is 324 g/mol. The van der Waals surface area contributed by atoms with Crippen LogP contribution in [0.2, 0.25) is 0 Å². The van der Waals surface area contributed by atoms with Crippen molar-refractivity contribution in [1.29, 1.82) is 0 Å². The molecule has 1 atom stereocenters. The smallest absolute Gasteiger partial charge is 0.407 e. The van der Waals surface area contributed by atoms with Crippen molar-refractivity contribution in [1.82, 2.24) is 20.2 Å². The van der Waals surface area contributed by atoms with Crippen molar-refractivity contribution in [3.8, 4) is 0 Å². The first kappa shape index (κ1) is 19.0. The summed E-state index contributed by atoms with van der Waals surface area (Å²) in [5, 5.41) is 5.58. The Labute approximate surface area is 137 Å². The number of ether oxygens (including phenoxy) is 1. The Kier molecular flexibility index (Phi) is 6.60. The normalized spacial score (nSPS) is 12.8. The molecule has 0 aliphatic heterocycles. The van der Waals surface area contributed by atoms with Crippen molar-refractivity contribution < 1.29 is 14.3 Å². The van der Waals surface area contributed by atoms with E-state index in [2.05, 4.69) is 15.6 Å². The number of carbonyl (C=O) groups is 2. The lowest BCUT2D eigenvalue weighted by molar-refractivity contribution is -0.124. The second-order valence-electron chi connectivity index (χ2n) is 6.81. The lowest BCUT2D eigenvalue weighted by atomic mass is 10.2. The summed E-state index contributed by atoms with van der Waals surface area (Å²) in [6.07, 6.45) is 3.45. The van der Waals surface area contributed by atoms with Gasteiger partial charge in [0.05, 0.1) is 6.33 Å². The predicted octanol–water partition coefficient (Wildman–Crippen LogP) is 2.04. The molecule has 7 nitrogen and oxygen atoms in total. The molecule has 0 bridgehead atoms.